The minimum absolute atomic E-state index is 0.0402. The van der Waals surface area contributed by atoms with Gasteiger partial charge in [0.05, 0.1) is 17.8 Å². The van der Waals surface area contributed by atoms with E-state index >= 15 is 0 Å². The molecule has 128 valence electrons. The van der Waals surface area contributed by atoms with Gasteiger partial charge in [-0.3, -0.25) is 9.20 Å². The van der Waals surface area contributed by atoms with E-state index in [2.05, 4.69) is 15.2 Å². The Hall–Kier alpha value is -3.09. The number of pyridine rings is 1. The zero-order valence-corrected chi connectivity index (χ0v) is 13.8. The fourth-order valence-corrected chi connectivity index (χ4v) is 2.47. The maximum absolute atomic E-state index is 13.6. The summed E-state index contributed by atoms with van der Waals surface area (Å²) in [6, 6.07) is 9.73. The van der Waals surface area contributed by atoms with Crippen molar-refractivity contribution in [3.05, 3.63) is 59.7 Å². The first kappa shape index (κ1) is 16.8. The summed E-state index contributed by atoms with van der Waals surface area (Å²) in [6.07, 6.45) is 1.29. The first-order chi connectivity index (χ1) is 11.9. The molecule has 1 aromatic carbocycles. The molecule has 3 rings (SSSR count). The number of hydrogen-bond donors (Lipinski definition) is 1. The first-order valence-electron chi connectivity index (χ1n) is 7.84. The molecular weight excluding hydrogens is 323 g/mol. The van der Waals surface area contributed by atoms with Crippen LogP contribution in [-0.4, -0.2) is 20.5 Å². The fourth-order valence-electron chi connectivity index (χ4n) is 2.47. The molecule has 0 unspecified atom stereocenters. The molecule has 0 radical (unpaired) electrons. The van der Waals surface area contributed by atoms with Crippen LogP contribution < -0.4 is 0 Å². The zero-order valence-electron chi connectivity index (χ0n) is 13.8. The highest BCUT2D eigenvalue weighted by Gasteiger charge is 2.15. The molecule has 3 aromatic rings. The smallest absolute Gasteiger partial charge is 0.307 e. The molecule has 1 N–H and O–H groups in total. The summed E-state index contributed by atoms with van der Waals surface area (Å²) < 4.78 is 15.1. The molecule has 0 spiro atoms. The zero-order chi connectivity index (χ0) is 18.0. The lowest BCUT2D eigenvalue weighted by Crippen LogP contribution is -1.99. The second-order valence-electron chi connectivity index (χ2n) is 5.99. The second kappa shape index (κ2) is 6.80. The highest BCUT2D eigenvalue weighted by Crippen LogP contribution is 2.29. The van der Waals surface area contributed by atoms with Crippen molar-refractivity contribution in [2.75, 3.05) is 0 Å². The van der Waals surface area contributed by atoms with Gasteiger partial charge in [-0.1, -0.05) is 26.0 Å². The van der Waals surface area contributed by atoms with Crippen molar-refractivity contribution in [2.45, 2.75) is 26.2 Å². The molecule has 0 saturated carbocycles. The van der Waals surface area contributed by atoms with Crippen LogP contribution in [0.4, 0.5) is 15.9 Å². The average molecular weight is 340 g/mol. The number of azo groups is 1. The Bertz CT molecular complexity index is 946. The molecule has 0 fully saturated rings. The van der Waals surface area contributed by atoms with E-state index in [-0.39, 0.29) is 18.2 Å². The van der Waals surface area contributed by atoms with Crippen LogP contribution in [0.2, 0.25) is 0 Å². The van der Waals surface area contributed by atoms with E-state index in [9.17, 15) is 9.18 Å². The Morgan fingerprint density at radius 1 is 1.20 bits per heavy atom. The predicted molar refractivity (Wildman–Crippen MR) is 91.2 cm³/mol. The lowest BCUT2D eigenvalue weighted by atomic mass is 10.1. The summed E-state index contributed by atoms with van der Waals surface area (Å²) in [5.74, 6) is -0.674. The van der Waals surface area contributed by atoms with Gasteiger partial charge in [0.1, 0.15) is 11.5 Å². The lowest BCUT2D eigenvalue weighted by molar-refractivity contribution is -0.136. The van der Waals surface area contributed by atoms with Crippen LogP contribution >= 0.6 is 0 Å². The van der Waals surface area contributed by atoms with Crippen LogP contribution in [0.5, 0.6) is 0 Å². The molecule has 25 heavy (non-hydrogen) atoms. The van der Waals surface area contributed by atoms with Crippen LogP contribution in [0.3, 0.4) is 0 Å². The topological polar surface area (TPSA) is 79.3 Å². The molecule has 7 heteroatoms. The summed E-state index contributed by atoms with van der Waals surface area (Å²) in [5, 5.41) is 17.2. The Morgan fingerprint density at radius 2 is 1.92 bits per heavy atom. The maximum atomic E-state index is 13.6. The average Bonchev–Trinajstić information content (AvgIpc) is 2.92. The van der Waals surface area contributed by atoms with Gasteiger partial charge in [0, 0.05) is 6.20 Å². The number of fused-ring (bicyclic) bond motifs is 1. The van der Waals surface area contributed by atoms with Crippen molar-refractivity contribution >= 4 is 23.1 Å². The van der Waals surface area contributed by atoms with Crippen molar-refractivity contribution < 1.29 is 14.3 Å². The van der Waals surface area contributed by atoms with Gasteiger partial charge in [-0.25, -0.2) is 9.37 Å². The normalized spacial score (nSPS) is 11.7. The van der Waals surface area contributed by atoms with Gasteiger partial charge in [0.25, 0.3) is 0 Å². The van der Waals surface area contributed by atoms with Crippen LogP contribution in [-0.2, 0) is 11.2 Å². The number of halogens is 1. The number of aromatic nitrogens is 2. The van der Waals surface area contributed by atoms with Crippen molar-refractivity contribution in [2.24, 2.45) is 10.2 Å². The minimum atomic E-state index is -0.885. The third kappa shape index (κ3) is 3.71. The van der Waals surface area contributed by atoms with Crippen molar-refractivity contribution in [1.82, 2.24) is 9.38 Å². The summed E-state index contributed by atoms with van der Waals surface area (Å²) >= 11 is 0. The van der Waals surface area contributed by atoms with E-state index < -0.39 is 5.97 Å². The number of rotatable bonds is 5. The van der Waals surface area contributed by atoms with Gasteiger partial charge >= 0.3 is 5.97 Å². The van der Waals surface area contributed by atoms with E-state index in [0.29, 0.717) is 22.7 Å². The SMILES string of the molecule is CC(C)c1nc2ccc(F)cn2c1N=Nc1ccc(CC(=O)O)cc1. The molecule has 0 atom stereocenters. The molecule has 2 aromatic heterocycles. The number of hydrogen-bond acceptors (Lipinski definition) is 4. The highest BCUT2D eigenvalue weighted by molar-refractivity contribution is 5.70. The summed E-state index contributed by atoms with van der Waals surface area (Å²) in [6.45, 7) is 3.97. The second-order valence-corrected chi connectivity index (χ2v) is 5.99. The van der Waals surface area contributed by atoms with Crippen LogP contribution in [0.25, 0.3) is 5.65 Å². The molecular formula is C18H17FN4O2. The van der Waals surface area contributed by atoms with Gasteiger partial charge in [-0.05, 0) is 35.7 Å². The van der Waals surface area contributed by atoms with Gasteiger partial charge in [-0.15, -0.1) is 10.2 Å². The summed E-state index contributed by atoms with van der Waals surface area (Å²) in [5.41, 5.74) is 2.61. The maximum Gasteiger partial charge on any atom is 0.307 e. The van der Waals surface area contributed by atoms with E-state index in [1.807, 2.05) is 13.8 Å². The number of nitrogens with zero attached hydrogens (tertiary/aromatic N) is 4. The van der Waals surface area contributed by atoms with Crippen LogP contribution in [0.15, 0.2) is 52.8 Å². The van der Waals surface area contributed by atoms with E-state index in [1.54, 1.807) is 34.7 Å². The molecule has 0 amide bonds. The molecule has 0 aliphatic rings. The Labute approximate surface area is 143 Å². The molecule has 0 aliphatic carbocycles. The highest BCUT2D eigenvalue weighted by atomic mass is 19.1. The molecule has 2 heterocycles. The minimum Gasteiger partial charge on any atom is -0.481 e. The summed E-state index contributed by atoms with van der Waals surface area (Å²) in [4.78, 5) is 15.2. The fraction of sp³-hybridized carbons (Fsp3) is 0.222. The lowest BCUT2D eigenvalue weighted by Gasteiger charge is -2.02. The quantitative estimate of drug-likeness (QED) is 0.687. The number of aliphatic carboxylic acids is 1. The number of imidazole rings is 1. The number of carboxylic acids is 1. The van der Waals surface area contributed by atoms with Gasteiger partial charge in [0.2, 0.25) is 0 Å². The Morgan fingerprint density at radius 3 is 2.56 bits per heavy atom. The predicted octanol–water partition coefficient (Wildman–Crippen LogP) is 4.64. The van der Waals surface area contributed by atoms with Crippen molar-refractivity contribution in [1.29, 1.82) is 0 Å². The third-order valence-electron chi connectivity index (χ3n) is 3.68. The van der Waals surface area contributed by atoms with E-state index in [4.69, 9.17) is 5.11 Å². The largest absolute Gasteiger partial charge is 0.481 e. The number of carbonyl (C=O) groups is 1. The van der Waals surface area contributed by atoms with Crippen molar-refractivity contribution in [3.8, 4) is 0 Å². The van der Waals surface area contributed by atoms with E-state index in [1.165, 1.54) is 12.3 Å². The van der Waals surface area contributed by atoms with Gasteiger partial charge in [0.15, 0.2) is 5.82 Å². The molecule has 0 aliphatic heterocycles. The molecule has 6 nitrogen and oxygen atoms in total. The Kier molecular flexibility index (Phi) is 4.56. The third-order valence-corrected chi connectivity index (χ3v) is 3.68. The van der Waals surface area contributed by atoms with Crippen molar-refractivity contribution in [3.63, 3.8) is 0 Å². The first-order valence-corrected chi connectivity index (χ1v) is 7.84. The van der Waals surface area contributed by atoms with Crippen LogP contribution in [0.1, 0.15) is 31.0 Å². The standard InChI is InChI=1S/C18H17FN4O2/c1-11(2)17-18(23-10-13(19)5-8-15(23)20-17)22-21-14-6-3-12(4-7-14)9-16(24)25/h3-8,10-11H,9H2,1-2H3,(H,24,25). The summed E-state index contributed by atoms with van der Waals surface area (Å²) in [7, 11) is 0. The van der Waals surface area contributed by atoms with Gasteiger partial charge < -0.3 is 5.11 Å². The molecule has 0 bridgehead atoms. The number of carboxylic acid groups (broad SMARTS) is 1. The monoisotopic (exact) mass is 340 g/mol. The Balaban J connectivity index is 1.96. The van der Waals surface area contributed by atoms with Gasteiger partial charge in [-0.2, -0.15) is 0 Å². The van der Waals surface area contributed by atoms with Crippen LogP contribution in [0, 0.1) is 5.82 Å². The molecule has 0 saturated heterocycles. The number of benzene rings is 1. The van der Waals surface area contributed by atoms with E-state index in [0.717, 1.165) is 5.69 Å².